The van der Waals surface area contributed by atoms with Crippen LogP contribution >= 0.6 is 0 Å². The van der Waals surface area contributed by atoms with Crippen LogP contribution in [0.25, 0.3) is 0 Å². The van der Waals surface area contributed by atoms with E-state index in [0.717, 1.165) is 32.0 Å². The van der Waals surface area contributed by atoms with E-state index in [1.165, 1.54) is 5.69 Å². The van der Waals surface area contributed by atoms with Crippen molar-refractivity contribution in [1.82, 2.24) is 0 Å². The molecule has 22 heavy (non-hydrogen) atoms. The maximum Gasteiger partial charge on any atom is 0.183 e. The topological polar surface area (TPSA) is 47.7 Å². The van der Waals surface area contributed by atoms with Crippen molar-refractivity contribution in [3.8, 4) is 0 Å². The molecule has 0 bridgehead atoms. The third kappa shape index (κ3) is 8.58. The molecule has 126 valence electrons. The zero-order chi connectivity index (χ0) is 16.8. The summed E-state index contributed by atoms with van der Waals surface area (Å²) in [7, 11) is -2.93. The van der Waals surface area contributed by atoms with Gasteiger partial charge in [0.1, 0.15) is 0 Å². The Bertz CT molecular complexity index is 419. The molecule has 0 aliphatic rings. The molecule has 0 spiro atoms. The van der Waals surface area contributed by atoms with Crippen LogP contribution in [0.5, 0.6) is 0 Å². The van der Waals surface area contributed by atoms with Gasteiger partial charge in [-0.3, -0.25) is 0 Å². The van der Waals surface area contributed by atoms with Gasteiger partial charge >= 0.3 is 0 Å². The standard InChI is InChI=1S/C16H32N2O2Si2/c1-21(2,3)19-13-11-18(12-14-20-22(4,5)6)16-9-7-15(17)8-10-16/h7-10H,11-14,17H2,1-6H3. The number of nitrogen functional groups attached to an aromatic ring is 1. The van der Waals surface area contributed by atoms with Gasteiger partial charge < -0.3 is 19.5 Å². The predicted molar refractivity (Wildman–Crippen MR) is 102 cm³/mol. The van der Waals surface area contributed by atoms with E-state index < -0.39 is 16.6 Å². The molecule has 0 unspecified atom stereocenters. The van der Waals surface area contributed by atoms with Gasteiger partial charge in [-0.05, 0) is 63.5 Å². The monoisotopic (exact) mass is 340 g/mol. The second-order valence-corrected chi connectivity index (χ2v) is 16.5. The van der Waals surface area contributed by atoms with Crippen LogP contribution in [0.2, 0.25) is 39.3 Å². The minimum atomic E-state index is -1.47. The first-order chi connectivity index (χ1) is 10.1. The first kappa shape index (κ1) is 19.2. The van der Waals surface area contributed by atoms with E-state index in [4.69, 9.17) is 14.6 Å². The van der Waals surface area contributed by atoms with Crippen LogP contribution in [-0.4, -0.2) is 42.9 Å². The number of rotatable bonds is 9. The highest BCUT2D eigenvalue weighted by Crippen LogP contribution is 2.17. The minimum Gasteiger partial charge on any atom is -0.416 e. The molecule has 0 saturated carbocycles. The highest BCUT2D eigenvalue weighted by molar-refractivity contribution is 6.70. The molecule has 0 atom stereocenters. The largest absolute Gasteiger partial charge is 0.416 e. The number of nitrogens with zero attached hydrogens (tertiary/aromatic N) is 1. The fourth-order valence-corrected chi connectivity index (χ4v) is 3.39. The molecule has 0 aliphatic carbocycles. The fraction of sp³-hybridized carbons (Fsp3) is 0.625. The maximum absolute atomic E-state index is 5.99. The van der Waals surface area contributed by atoms with Crippen LogP contribution in [-0.2, 0) is 8.85 Å². The van der Waals surface area contributed by atoms with Crippen LogP contribution in [0, 0.1) is 0 Å². The first-order valence-corrected chi connectivity index (χ1v) is 14.8. The molecule has 0 aliphatic heterocycles. The SMILES string of the molecule is C[Si](C)(C)OCCN(CCO[Si](C)(C)C)c1ccc(N)cc1. The van der Waals surface area contributed by atoms with Crippen molar-refractivity contribution in [3.63, 3.8) is 0 Å². The minimum absolute atomic E-state index is 0.757. The lowest BCUT2D eigenvalue weighted by Gasteiger charge is -2.28. The van der Waals surface area contributed by atoms with E-state index in [1.54, 1.807) is 0 Å². The van der Waals surface area contributed by atoms with Gasteiger partial charge in [-0.15, -0.1) is 0 Å². The number of benzene rings is 1. The van der Waals surface area contributed by atoms with E-state index in [2.05, 4.69) is 56.3 Å². The molecule has 0 heterocycles. The van der Waals surface area contributed by atoms with E-state index >= 15 is 0 Å². The maximum atomic E-state index is 5.99. The molecular formula is C16H32N2O2Si2. The molecule has 1 rings (SSSR count). The lowest BCUT2D eigenvalue weighted by molar-refractivity contribution is 0.297. The second-order valence-electron chi connectivity index (χ2n) is 7.50. The number of hydrogen-bond donors (Lipinski definition) is 1. The Hall–Kier alpha value is -0.826. The summed E-state index contributed by atoms with van der Waals surface area (Å²) in [6.07, 6.45) is 0. The molecule has 0 aromatic heterocycles. The van der Waals surface area contributed by atoms with Gasteiger partial charge in [-0.1, -0.05) is 0 Å². The van der Waals surface area contributed by atoms with Crippen molar-refractivity contribution in [2.75, 3.05) is 36.9 Å². The Morgan fingerprint density at radius 1 is 0.818 bits per heavy atom. The van der Waals surface area contributed by atoms with Crippen molar-refractivity contribution in [2.24, 2.45) is 0 Å². The van der Waals surface area contributed by atoms with Crippen LogP contribution in [0.15, 0.2) is 24.3 Å². The Kier molecular flexibility index (Phi) is 7.12. The summed E-state index contributed by atoms with van der Waals surface area (Å²) in [6.45, 7) is 16.6. The summed E-state index contributed by atoms with van der Waals surface area (Å²) < 4.78 is 12.0. The van der Waals surface area contributed by atoms with Crippen LogP contribution in [0.1, 0.15) is 0 Å². The lowest BCUT2D eigenvalue weighted by atomic mass is 10.2. The summed E-state index contributed by atoms with van der Waals surface area (Å²) >= 11 is 0. The van der Waals surface area contributed by atoms with Crippen molar-refractivity contribution >= 4 is 28.0 Å². The Labute approximate surface area is 137 Å². The molecule has 2 N–H and O–H groups in total. The van der Waals surface area contributed by atoms with Crippen molar-refractivity contribution < 1.29 is 8.85 Å². The van der Waals surface area contributed by atoms with Gasteiger partial charge in [0, 0.05) is 24.5 Å². The van der Waals surface area contributed by atoms with Crippen LogP contribution < -0.4 is 10.6 Å². The summed E-state index contributed by atoms with van der Waals surface area (Å²) in [5.74, 6) is 0. The molecule has 0 amide bonds. The fourth-order valence-electron chi connectivity index (χ4n) is 1.98. The number of nitrogens with two attached hydrogens (primary N) is 1. The normalized spacial score (nSPS) is 12.5. The lowest BCUT2D eigenvalue weighted by Crippen LogP contribution is -2.37. The molecule has 0 fully saturated rings. The summed E-state index contributed by atoms with van der Waals surface area (Å²) in [6, 6.07) is 8.03. The first-order valence-electron chi connectivity index (χ1n) is 7.95. The second kappa shape index (κ2) is 8.15. The van der Waals surface area contributed by atoms with Crippen molar-refractivity contribution in [2.45, 2.75) is 39.3 Å². The highest BCUT2D eigenvalue weighted by Gasteiger charge is 2.17. The van der Waals surface area contributed by atoms with Gasteiger partial charge in [-0.25, -0.2) is 0 Å². The molecule has 1 aromatic carbocycles. The molecule has 6 heteroatoms. The molecule has 0 radical (unpaired) electrons. The van der Waals surface area contributed by atoms with E-state index in [1.807, 2.05) is 12.1 Å². The summed E-state index contributed by atoms with van der Waals surface area (Å²) in [4.78, 5) is 2.32. The molecule has 1 aromatic rings. The van der Waals surface area contributed by atoms with Crippen molar-refractivity contribution in [1.29, 1.82) is 0 Å². The Morgan fingerprint density at radius 2 is 1.23 bits per heavy atom. The van der Waals surface area contributed by atoms with Gasteiger partial charge in [-0.2, -0.15) is 0 Å². The number of hydrogen-bond acceptors (Lipinski definition) is 4. The van der Waals surface area contributed by atoms with Crippen molar-refractivity contribution in [3.05, 3.63) is 24.3 Å². The van der Waals surface area contributed by atoms with Gasteiger partial charge in [0.05, 0.1) is 13.2 Å². The quantitative estimate of drug-likeness (QED) is 0.549. The smallest absolute Gasteiger partial charge is 0.183 e. The highest BCUT2D eigenvalue weighted by atomic mass is 28.4. The van der Waals surface area contributed by atoms with Crippen LogP contribution in [0.3, 0.4) is 0 Å². The molecule has 0 saturated heterocycles. The molecular weight excluding hydrogens is 308 g/mol. The third-order valence-corrected chi connectivity index (χ3v) is 5.19. The zero-order valence-electron chi connectivity index (χ0n) is 15.0. The average Bonchev–Trinajstić information content (AvgIpc) is 2.35. The predicted octanol–water partition coefficient (Wildman–Crippen LogP) is 3.78. The van der Waals surface area contributed by atoms with E-state index in [-0.39, 0.29) is 0 Å². The third-order valence-electron chi connectivity index (χ3n) is 3.05. The summed E-state index contributed by atoms with van der Waals surface area (Å²) in [5, 5.41) is 0. The van der Waals surface area contributed by atoms with Gasteiger partial charge in [0.15, 0.2) is 16.6 Å². The zero-order valence-corrected chi connectivity index (χ0v) is 17.0. The van der Waals surface area contributed by atoms with E-state index in [9.17, 15) is 0 Å². The Balaban J connectivity index is 2.62. The number of anilines is 2. The summed E-state index contributed by atoms with van der Waals surface area (Å²) in [5.41, 5.74) is 7.75. The van der Waals surface area contributed by atoms with Gasteiger partial charge in [0.25, 0.3) is 0 Å². The molecule has 4 nitrogen and oxygen atoms in total. The average molecular weight is 341 g/mol. The Morgan fingerprint density at radius 3 is 1.59 bits per heavy atom. The van der Waals surface area contributed by atoms with Crippen LogP contribution in [0.4, 0.5) is 11.4 Å². The van der Waals surface area contributed by atoms with E-state index in [0.29, 0.717) is 0 Å². The van der Waals surface area contributed by atoms with Gasteiger partial charge in [0.2, 0.25) is 0 Å².